The second-order valence-electron chi connectivity index (χ2n) is 5.15. The van der Waals surface area contributed by atoms with Crippen LogP contribution >= 0.6 is 0 Å². The lowest BCUT2D eigenvalue weighted by molar-refractivity contribution is 1.02. The van der Waals surface area contributed by atoms with E-state index in [1.165, 1.54) is 18.4 Å². The predicted octanol–water partition coefficient (Wildman–Crippen LogP) is 3.59. The topological polar surface area (TPSA) is 37.8 Å². The van der Waals surface area contributed by atoms with Crippen LogP contribution in [0.4, 0.5) is 5.82 Å². The van der Waals surface area contributed by atoms with Gasteiger partial charge < -0.3 is 5.32 Å². The molecule has 19 heavy (non-hydrogen) atoms. The number of anilines is 1. The number of aryl methyl sites for hydroxylation is 2. The summed E-state index contributed by atoms with van der Waals surface area (Å²) in [5.41, 5.74) is 3.51. The third-order valence-electron chi connectivity index (χ3n) is 3.43. The van der Waals surface area contributed by atoms with Crippen molar-refractivity contribution >= 4 is 5.82 Å². The van der Waals surface area contributed by atoms with Crippen molar-refractivity contribution in [3.8, 4) is 11.3 Å². The largest absolute Gasteiger partial charge is 0.367 e. The highest BCUT2D eigenvalue weighted by molar-refractivity contribution is 5.63. The van der Waals surface area contributed by atoms with Crippen molar-refractivity contribution in [2.45, 2.75) is 39.2 Å². The van der Waals surface area contributed by atoms with Crippen LogP contribution in [0.1, 0.15) is 31.2 Å². The molecule has 0 radical (unpaired) electrons. The number of nitrogens with one attached hydrogen (secondary N) is 1. The molecule has 1 aromatic carbocycles. The molecule has 1 fully saturated rings. The van der Waals surface area contributed by atoms with E-state index in [1.807, 2.05) is 13.0 Å². The van der Waals surface area contributed by atoms with Crippen LogP contribution in [0.5, 0.6) is 0 Å². The molecule has 3 nitrogen and oxygen atoms in total. The fraction of sp³-hybridized carbons (Fsp3) is 0.375. The maximum atomic E-state index is 4.54. The highest BCUT2D eigenvalue weighted by Gasteiger charge is 2.21. The van der Waals surface area contributed by atoms with Gasteiger partial charge in [-0.25, -0.2) is 9.97 Å². The Bertz CT molecular complexity index is 571. The van der Waals surface area contributed by atoms with Crippen molar-refractivity contribution in [2.24, 2.45) is 0 Å². The molecule has 98 valence electrons. The molecule has 0 saturated heterocycles. The summed E-state index contributed by atoms with van der Waals surface area (Å²) in [5, 5.41) is 3.44. The van der Waals surface area contributed by atoms with Gasteiger partial charge in [0.1, 0.15) is 11.6 Å². The molecule has 1 aliphatic rings. The van der Waals surface area contributed by atoms with Crippen molar-refractivity contribution in [1.29, 1.82) is 0 Å². The van der Waals surface area contributed by atoms with Gasteiger partial charge in [-0.1, -0.05) is 31.2 Å². The van der Waals surface area contributed by atoms with Crippen LogP contribution in [-0.4, -0.2) is 16.0 Å². The molecule has 1 N–H and O–H groups in total. The molecule has 2 aromatic rings. The van der Waals surface area contributed by atoms with Gasteiger partial charge in [-0.05, 0) is 31.7 Å². The number of hydrogen-bond donors (Lipinski definition) is 1. The third kappa shape index (κ3) is 2.92. The number of rotatable bonds is 4. The Kier molecular flexibility index (Phi) is 3.20. The molecule has 1 aromatic heterocycles. The molecule has 1 aliphatic carbocycles. The molecule has 0 amide bonds. The average molecular weight is 253 g/mol. The summed E-state index contributed by atoms with van der Waals surface area (Å²) in [6.07, 6.45) is 3.57. The Hall–Kier alpha value is -1.90. The minimum atomic E-state index is 0.615. The minimum absolute atomic E-state index is 0.615. The highest BCUT2D eigenvalue weighted by Crippen LogP contribution is 2.26. The van der Waals surface area contributed by atoms with Crippen LogP contribution in [0.15, 0.2) is 30.3 Å². The molecular formula is C16H19N3. The smallest absolute Gasteiger partial charge is 0.130 e. The Morgan fingerprint density at radius 3 is 2.53 bits per heavy atom. The molecule has 0 unspecified atom stereocenters. The number of benzene rings is 1. The van der Waals surface area contributed by atoms with E-state index in [2.05, 4.69) is 46.5 Å². The molecule has 3 rings (SSSR count). The molecular weight excluding hydrogens is 234 g/mol. The molecule has 0 aliphatic heterocycles. The first-order valence-electron chi connectivity index (χ1n) is 6.96. The zero-order chi connectivity index (χ0) is 13.2. The van der Waals surface area contributed by atoms with E-state index in [4.69, 9.17) is 0 Å². The van der Waals surface area contributed by atoms with E-state index in [1.54, 1.807) is 0 Å². The Morgan fingerprint density at radius 1 is 1.16 bits per heavy atom. The molecule has 3 heteroatoms. The molecule has 0 bridgehead atoms. The zero-order valence-electron chi connectivity index (χ0n) is 11.5. The van der Waals surface area contributed by atoms with E-state index in [0.717, 1.165) is 29.3 Å². The van der Waals surface area contributed by atoms with E-state index in [9.17, 15) is 0 Å². The summed E-state index contributed by atoms with van der Waals surface area (Å²) < 4.78 is 0. The summed E-state index contributed by atoms with van der Waals surface area (Å²) >= 11 is 0. The summed E-state index contributed by atoms with van der Waals surface area (Å²) in [7, 11) is 0. The van der Waals surface area contributed by atoms with Gasteiger partial charge in [0.05, 0.1) is 5.69 Å². The third-order valence-corrected chi connectivity index (χ3v) is 3.43. The van der Waals surface area contributed by atoms with Gasteiger partial charge in [0, 0.05) is 17.7 Å². The van der Waals surface area contributed by atoms with Gasteiger partial charge in [-0.15, -0.1) is 0 Å². The standard InChI is InChI=1S/C16H19N3/c1-3-12-4-6-13(7-5-12)15-10-16(18-11(2)17-15)19-14-8-9-14/h4-7,10,14H,3,8-9H2,1-2H3,(H,17,18,19). The van der Waals surface area contributed by atoms with Crippen molar-refractivity contribution in [3.05, 3.63) is 41.7 Å². The van der Waals surface area contributed by atoms with Gasteiger partial charge in [-0.3, -0.25) is 0 Å². The summed E-state index contributed by atoms with van der Waals surface area (Å²) in [5.74, 6) is 1.77. The van der Waals surface area contributed by atoms with Crippen molar-refractivity contribution < 1.29 is 0 Å². The molecule has 0 spiro atoms. The van der Waals surface area contributed by atoms with E-state index in [-0.39, 0.29) is 0 Å². The fourth-order valence-corrected chi connectivity index (χ4v) is 2.14. The van der Waals surface area contributed by atoms with Gasteiger partial charge in [0.2, 0.25) is 0 Å². The number of nitrogens with zero attached hydrogens (tertiary/aromatic N) is 2. The Labute approximate surface area is 114 Å². The van der Waals surface area contributed by atoms with Crippen molar-refractivity contribution in [3.63, 3.8) is 0 Å². The van der Waals surface area contributed by atoms with Crippen LogP contribution in [0.2, 0.25) is 0 Å². The first-order chi connectivity index (χ1) is 9.24. The van der Waals surface area contributed by atoms with E-state index in [0.29, 0.717) is 6.04 Å². The molecule has 0 atom stereocenters. The summed E-state index contributed by atoms with van der Waals surface area (Å²) in [6, 6.07) is 11.3. The van der Waals surface area contributed by atoms with Crippen LogP contribution in [0.25, 0.3) is 11.3 Å². The van der Waals surface area contributed by atoms with Gasteiger partial charge >= 0.3 is 0 Å². The van der Waals surface area contributed by atoms with Gasteiger partial charge in [0.15, 0.2) is 0 Å². The quantitative estimate of drug-likeness (QED) is 0.904. The van der Waals surface area contributed by atoms with Gasteiger partial charge in [0.25, 0.3) is 0 Å². The van der Waals surface area contributed by atoms with E-state index < -0.39 is 0 Å². The number of aromatic nitrogens is 2. The normalized spacial score (nSPS) is 14.4. The first-order valence-corrected chi connectivity index (χ1v) is 6.96. The lowest BCUT2D eigenvalue weighted by Crippen LogP contribution is -2.05. The minimum Gasteiger partial charge on any atom is -0.367 e. The van der Waals surface area contributed by atoms with Crippen LogP contribution in [0.3, 0.4) is 0 Å². The fourth-order valence-electron chi connectivity index (χ4n) is 2.14. The predicted molar refractivity (Wildman–Crippen MR) is 78.2 cm³/mol. The van der Waals surface area contributed by atoms with E-state index >= 15 is 0 Å². The Morgan fingerprint density at radius 2 is 1.89 bits per heavy atom. The first kappa shape index (κ1) is 12.2. The molecule has 1 heterocycles. The SMILES string of the molecule is CCc1ccc(-c2cc(NC3CC3)nc(C)n2)cc1. The van der Waals surface area contributed by atoms with Gasteiger partial charge in [-0.2, -0.15) is 0 Å². The second kappa shape index (κ2) is 5.00. The second-order valence-corrected chi connectivity index (χ2v) is 5.15. The maximum absolute atomic E-state index is 4.54. The summed E-state index contributed by atoms with van der Waals surface area (Å²) in [4.78, 5) is 8.99. The Balaban J connectivity index is 1.91. The van der Waals surface area contributed by atoms with Crippen LogP contribution < -0.4 is 5.32 Å². The summed E-state index contributed by atoms with van der Waals surface area (Å²) in [6.45, 7) is 4.11. The lowest BCUT2D eigenvalue weighted by Gasteiger charge is -2.08. The van der Waals surface area contributed by atoms with Crippen molar-refractivity contribution in [2.75, 3.05) is 5.32 Å². The monoisotopic (exact) mass is 253 g/mol. The zero-order valence-corrected chi connectivity index (χ0v) is 11.5. The molecule has 1 saturated carbocycles. The average Bonchev–Trinajstić information content (AvgIpc) is 3.22. The lowest BCUT2D eigenvalue weighted by atomic mass is 10.1. The maximum Gasteiger partial charge on any atom is 0.130 e. The number of hydrogen-bond acceptors (Lipinski definition) is 3. The van der Waals surface area contributed by atoms with Crippen molar-refractivity contribution in [1.82, 2.24) is 9.97 Å². The van der Waals surface area contributed by atoms with Crippen LogP contribution in [0, 0.1) is 6.92 Å². The highest BCUT2D eigenvalue weighted by atomic mass is 15.1. The van der Waals surface area contributed by atoms with Crippen LogP contribution in [-0.2, 0) is 6.42 Å².